The Bertz CT molecular complexity index is 763. The van der Waals surface area contributed by atoms with Gasteiger partial charge >= 0.3 is 0 Å². The van der Waals surface area contributed by atoms with Crippen LogP contribution in [0.25, 0.3) is 10.9 Å². The number of hydrogen-bond acceptors (Lipinski definition) is 5. The number of amides is 1. The molecule has 1 amide bonds. The van der Waals surface area contributed by atoms with Crippen molar-refractivity contribution in [1.82, 2.24) is 14.9 Å². The van der Waals surface area contributed by atoms with Crippen molar-refractivity contribution in [3.05, 3.63) is 30.3 Å². The zero-order valence-corrected chi connectivity index (χ0v) is 13.3. The van der Waals surface area contributed by atoms with E-state index in [1.165, 1.54) is 18.5 Å². The number of rotatable bonds is 2. The molecule has 0 N–H and O–H groups in total. The Labute approximate surface area is 139 Å². The van der Waals surface area contributed by atoms with Crippen molar-refractivity contribution in [2.24, 2.45) is 5.92 Å². The van der Waals surface area contributed by atoms with Crippen molar-refractivity contribution in [3.8, 4) is 0 Å². The molecule has 2 aliphatic heterocycles. The van der Waals surface area contributed by atoms with Crippen molar-refractivity contribution < 1.29 is 13.9 Å². The largest absolute Gasteiger partial charge is 0.378 e. The van der Waals surface area contributed by atoms with Gasteiger partial charge in [0.05, 0.1) is 24.6 Å². The highest BCUT2D eigenvalue weighted by molar-refractivity contribution is 5.90. The van der Waals surface area contributed by atoms with Gasteiger partial charge in [0.1, 0.15) is 18.0 Å². The van der Waals surface area contributed by atoms with Gasteiger partial charge in [-0.2, -0.15) is 0 Å². The third-order valence-corrected chi connectivity index (χ3v) is 4.74. The molecular formula is C17H19FN4O2. The molecule has 2 aromatic rings. The van der Waals surface area contributed by atoms with Gasteiger partial charge in [0.15, 0.2) is 0 Å². The van der Waals surface area contributed by atoms with Crippen LogP contribution < -0.4 is 4.90 Å². The summed E-state index contributed by atoms with van der Waals surface area (Å²) in [7, 11) is 0. The molecule has 4 rings (SSSR count). The highest BCUT2D eigenvalue weighted by atomic mass is 19.1. The molecule has 3 heterocycles. The van der Waals surface area contributed by atoms with E-state index in [1.807, 2.05) is 4.90 Å². The van der Waals surface area contributed by atoms with Crippen LogP contribution in [0.5, 0.6) is 0 Å². The van der Waals surface area contributed by atoms with Crippen LogP contribution in [0.4, 0.5) is 10.2 Å². The molecule has 7 heteroatoms. The van der Waals surface area contributed by atoms with E-state index in [0.717, 1.165) is 13.0 Å². The van der Waals surface area contributed by atoms with E-state index in [0.29, 0.717) is 49.6 Å². The summed E-state index contributed by atoms with van der Waals surface area (Å²) in [5.74, 6) is 0.544. The van der Waals surface area contributed by atoms with E-state index < -0.39 is 0 Å². The summed E-state index contributed by atoms with van der Waals surface area (Å²) in [6, 6.07) is 4.51. The first-order chi connectivity index (χ1) is 11.7. The lowest BCUT2D eigenvalue weighted by Crippen LogP contribution is -2.44. The molecule has 6 nitrogen and oxygen atoms in total. The van der Waals surface area contributed by atoms with Crippen molar-refractivity contribution >= 4 is 22.6 Å². The van der Waals surface area contributed by atoms with Gasteiger partial charge in [0.2, 0.25) is 5.91 Å². The lowest BCUT2D eigenvalue weighted by atomic mass is 10.1. The number of nitrogens with zero attached hydrogens (tertiary/aromatic N) is 4. The molecule has 2 fully saturated rings. The molecule has 0 radical (unpaired) electrons. The summed E-state index contributed by atoms with van der Waals surface area (Å²) in [6.45, 7) is 3.89. The second-order valence-corrected chi connectivity index (χ2v) is 6.23. The third kappa shape index (κ3) is 2.80. The number of halogens is 1. The summed E-state index contributed by atoms with van der Waals surface area (Å²) in [5.41, 5.74) is 0.712. The summed E-state index contributed by atoms with van der Waals surface area (Å²) < 4.78 is 18.9. The Hall–Kier alpha value is -2.28. The summed E-state index contributed by atoms with van der Waals surface area (Å²) in [6.07, 6.45) is 2.28. The first-order valence-electron chi connectivity index (χ1n) is 8.24. The highest BCUT2D eigenvalue weighted by Crippen LogP contribution is 2.29. The lowest BCUT2D eigenvalue weighted by molar-refractivity contribution is -0.138. The minimum absolute atomic E-state index is 0.0401. The predicted octanol–water partition coefficient (Wildman–Crippen LogP) is 1.45. The molecule has 1 unspecified atom stereocenters. The second kappa shape index (κ2) is 6.32. The smallest absolute Gasteiger partial charge is 0.227 e. The maximum Gasteiger partial charge on any atom is 0.227 e. The fourth-order valence-electron chi connectivity index (χ4n) is 3.46. The fraction of sp³-hybridized carbons (Fsp3) is 0.471. The Morgan fingerprint density at radius 3 is 2.88 bits per heavy atom. The number of ether oxygens (including phenoxy) is 1. The normalized spacial score (nSPS) is 21.5. The molecule has 1 atom stereocenters. The fourth-order valence-corrected chi connectivity index (χ4v) is 3.46. The predicted molar refractivity (Wildman–Crippen MR) is 87.2 cm³/mol. The van der Waals surface area contributed by atoms with Crippen LogP contribution in [0.2, 0.25) is 0 Å². The van der Waals surface area contributed by atoms with Gasteiger partial charge in [-0.1, -0.05) is 0 Å². The number of fused-ring (bicyclic) bond motifs is 1. The minimum atomic E-state index is -0.307. The van der Waals surface area contributed by atoms with Crippen molar-refractivity contribution in [2.75, 3.05) is 44.3 Å². The second-order valence-electron chi connectivity index (χ2n) is 6.23. The van der Waals surface area contributed by atoms with Crippen LogP contribution in [-0.4, -0.2) is 60.2 Å². The van der Waals surface area contributed by atoms with E-state index in [1.54, 1.807) is 6.07 Å². The van der Waals surface area contributed by atoms with Crippen molar-refractivity contribution in [1.29, 1.82) is 0 Å². The quantitative estimate of drug-likeness (QED) is 0.834. The molecule has 1 aromatic heterocycles. The maximum absolute atomic E-state index is 13.6. The van der Waals surface area contributed by atoms with E-state index >= 15 is 0 Å². The van der Waals surface area contributed by atoms with E-state index in [9.17, 15) is 9.18 Å². The van der Waals surface area contributed by atoms with Crippen LogP contribution in [-0.2, 0) is 9.53 Å². The topological polar surface area (TPSA) is 58.6 Å². The van der Waals surface area contributed by atoms with Gasteiger partial charge in [-0.3, -0.25) is 4.79 Å². The molecule has 126 valence electrons. The molecule has 24 heavy (non-hydrogen) atoms. The number of aromatic nitrogens is 2. The first-order valence-corrected chi connectivity index (χ1v) is 8.24. The number of anilines is 1. The maximum atomic E-state index is 13.6. The summed E-state index contributed by atoms with van der Waals surface area (Å²) in [5, 5.41) is 0.692. The number of hydrogen-bond donors (Lipinski definition) is 0. The Balaban J connectivity index is 1.54. The number of carbonyl (C=O) groups excluding carboxylic acids is 1. The van der Waals surface area contributed by atoms with E-state index in [4.69, 9.17) is 4.74 Å². The van der Waals surface area contributed by atoms with Crippen LogP contribution in [0.3, 0.4) is 0 Å². The Kier molecular flexibility index (Phi) is 4.02. The van der Waals surface area contributed by atoms with Crippen LogP contribution in [0, 0.1) is 11.7 Å². The molecule has 2 aliphatic rings. The summed E-state index contributed by atoms with van der Waals surface area (Å²) in [4.78, 5) is 25.1. The first kappa shape index (κ1) is 15.3. The number of benzene rings is 1. The zero-order valence-electron chi connectivity index (χ0n) is 13.3. The molecule has 0 saturated carbocycles. The minimum Gasteiger partial charge on any atom is -0.378 e. The average Bonchev–Trinajstić information content (AvgIpc) is 3.11. The average molecular weight is 330 g/mol. The monoisotopic (exact) mass is 330 g/mol. The third-order valence-electron chi connectivity index (χ3n) is 4.74. The Morgan fingerprint density at radius 2 is 2.04 bits per heavy atom. The van der Waals surface area contributed by atoms with Gasteiger partial charge in [0.25, 0.3) is 0 Å². The molecular weight excluding hydrogens is 311 g/mol. The molecule has 0 spiro atoms. The molecule has 0 bridgehead atoms. The Morgan fingerprint density at radius 1 is 1.21 bits per heavy atom. The number of morpholine rings is 1. The van der Waals surface area contributed by atoms with Gasteiger partial charge in [-0.25, -0.2) is 14.4 Å². The van der Waals surface area contributed by atoms with Gasteiger partial charge < -0.3 is 14.5 Å². The summed E-state index contributed by atoms with van der Waals surface area (Å²) >= 11 is 0. The van der Waals surface area contributed by atoms with Gasteiger partial charge in [0, 0.05) is 31.6 Å². The van der Waals surface area contributed by atoms with Crippen molar-refractivity contribution in [2.45, 2.75) is 6.42 Å². The molecule has 2 saturated heterocycles. The van der Waals surface area contributed by atoms with E-state index in [-0.39, 0.29) is 17.6 Å². The number of carbonyl (C=O) groups is 1. The van der Waals surface area contributed by atoms with Gasteiger partial charge in [-0.05, 0) is 24.6 Å². The van der Waals surface area contributed by atoms with Crippen LogP contribution in [0.1, 0.15) is 6.42 Å². The van der Waals surface area contributed by atoms with E-state index in [2.05, 4.69) is 14.9 Å². The van der Waals surface area contributed by atoms with Crippen molar-refractivity contribution in [3.63, 3.8) is 0 Å². The SMILES string of the molecule is O=C(C1CCN(c2ncnc3ccc(F)cc23)C1)N1CCOCC1. The van der Waals surface area contributed by atoms with Gasteiger partial charge in [-0.15, -0.1) is 0 Å². The molecule has 0 aliphatic carbocycles. The van der Waals surface area contributed by atoms with Crippen LogP contribution >= 0.6 is 0 Å². The standard InChI is InChI=1S/C17H19FN4O2/c18-13-1-2-15-14(9-13)16(20-11-19-15)22-4-3-12(10-22)17(23)21-5-7-24-8-6-21/h1-2,9,11-12H,3-8,10H2. The molecule has 1 aromatic carbocycles. The highest BCUT2D eigenvalue weighted by Gasteiger charge is 2.33. The lowest BCUT2D eigenvalue weighted by Gasteiger charge is -2.29. The van der Waals surface area contributed by atoms with Crippen LogP contribution in [0.15, 0.2) is 24.5 Å². The zero-order chi connectivity index (χ0) is 16.5.